The monoisotopic (exact) mass is 220 g/mol. The lowest BCUT2D eigenvalue weighted by Crippen LogP contribution is -2.47. The summed E-state index contributed by atoms with van der Waals surface area (Å²) in [6, 6.07) is 3.86. The number of nitrogens with zero attached hydrogens (tertiary/aromatic N) is 2. The first-order chi connectivity index (χ1) is 7.63. The summed E-state index contributed by atoms with van der Waals surface area (Å²) in [5.74, 6) is -0.728. The van der Waals surface area contributed by atoms with Gasteiger partial charge in [-0.3, -0.25) is 14.7 Å². The van der Waals surface area contributed by atoms with Crippen molar-refractivity contribution < 1.29 is 9.90 Å². The minimum absolute atomic E-state index is 0.663. The topological polar surface area (TPSA) is 53.4 Å². The van der Waals surface area contributed by atoms with Crippen molar-refractivity contribution in [3.63, 3.8) is 0 Å². The molecule has 16 heavy (non-hydrogen) atoms. The van der Waals surface area contributed by atoms with Crippen molar-refractivity contribution >= 4 is 5.97 Å². The molecule has 0 radical (unpaired) electrons. The third-order valence-corrected chi connectivity index (χ3v) is 3.35. The molecule has 1 atom stereocenters. The minimum atomic E-state index is -0.728. The summed E-state index contributed by atoms with van der Waals surface area (Å²) in [7, 11) is 0. The fourth-order valence-corrected chi connectivity index (χ4v) is 2.23. The van der Waals surface area contributed by atoms with Crippen molar-refractivity contribution in [2.24, 2.45) is 0 Å². The highest BCUT2D eigenvalue weighted by Crippen LogP contribution is 2.30. The van der Waals surface area contributed by atoms with Crippen LogP contribution in [-0.2, 0) is 11.3 Å². The Kier molecular flexibility index (Phi) is 2.92. The molecule has 1 aliphatic rings. The summed E-state index contributed by atoms with van der Waals surface area (Å²) < 4.78 is 0. The summed E-state index contributed by atoms with van der Waals surface area (Å²) in [6.45, 7) is 3.31. The lowest BCUT2D eigenvalue weighted by atomic mass is 9.99. The van der Waals surface area contributed by atoms with E-state index < -0.39 is 11.5 Å². The van der Waals surface area contributed by atoms with E-state index in [-0.39, 0.29) is 0 Å². The van der Waals surface area contributed by atoms with Crippen molar-refractivity contribution in [3.05, 3.63) is 30.1 Å². The molecule has 0 aromatic carbocycles. The van der Waals surface area contributed by atoms with Crippen LogP contribution < -0.4 is 0 Å². The average Bonchev–Trinajstić information content (AvgIpc) is 2.63. The molecule has 1 saturated heterocycles. The Hall–Kier alpha value is -1.42. The van der Waals surface area contributed by atoms with Crippen molar-refractivity contribution in [1.82, 2.24) is 9.88 Å². The number of aliphatic carboxylic acids is 1. The second-order valence-corrected chi connectivity index (χ2v) is 4.47. The molecule has 2 rings (SSSR count). The number of carboxylic acids is 1. The molecule has 1 aromatic rings. The van der Waals surface area contributed by atoms with Gasteiger partial charge >= 0.3 is 5.97 Å². The van der Waals surface area contributed by atoms with E-state index in [1.165, 1.54) is 0 Å². The first-order valence-electron chi connectivity index (χ1n) is 5.50. The van der Waals surface area contributed by atoms with Crippen LogP contribution in [0.4, 0.5) is 0 Å². The highest BCUT2D eigenvalue weighted by atomic mass is 16.4. The summed E-state index contributed by atoms with van der Waals surface area (Å²) >= 11 is 0. The van der Waals surface area contributed by atoms with E-state index in [0.29, 0.717) is 6.54 Å². The number of hydrogen-bond acceptors (Lipinski definition) is 3. The zero-order valence-electron chi connectivity index (χ0n) is 9.39. The molecule has 2 heterocycles. The highest BCUT2D eigenvalue weighted by molar-refractivity contribution is 5.78. The van der Waals surface area contributed by atoms with E-state index in [1.807, 2.05) is 17.0 Å². The van der Waals surface area contributed by atoms with E-state index >= 15 is 0 Å². The molecule has 1 fully saturated rings. The zero-order valence-corrected chi connectivity index (χ0v) is 9.39. The molecule has 0 spiro atoms. The lowest BCUT2D eigenvalue weighted by Gasteiger charge is -2.30. The van der Waals surface area contributed by atoms with Crippen LogP contribution >= 0.6 is 0 Å². The number of rotatable bonds is 3. The van der Waals surface area contributed by atoms with Crippen molar-refractivity contribution in [3.8, 4) is 0 Å². The first kappa shape index (κ1) is 11.1. The van der Waals surface area contributed by atoms with Crippen LogP contribution in [0.2, 0.25) is 0 Å². The van der Waals surface area contributed by atoms with E-state index in [2.05, 4.69) is 4.98 Å². The molecule has 1 aromatic heterocycles. The van der Waals surface area contributed by atoms with Crippen molar-refractivity contribution in [2.75, 3.05) is 6.54 Å². The molecule has 86 valence electrons. The van der Waals surface area contributed by atoms with Gasteiger partial charge in [-0.25, -0.2) is 0 Å². The van der Waals surface area contributed by atoms with Crippen LogP contribution in [-0.4, -0.2) is 33.0 Å². The fourth-order valence-electron chi connectivity index (χ4n) is 2.23. The maximum Gasteiger partial charge on any atom is 0.323 e. The van der Waals surface area contributed by atoms with Gasteiger partial charge in [0.25, 0.3) is 0 Å². The summed E-state index contributed by atoms with van der Waals surface area (Å²) in [5.41, 5.74) is 0.354. The molecule has 4 nitrogen and oxygen atoms in total. The first-order valence-corrected chi connectivity index (χ1v) is 5.50. The number of aromatic nitrogens is 1. The fraction of sp³-hybridized carbons (Fsp3) is 0.500. The quantitative estimate of drug-likeness (QED) is 0.839. The van der Waals surface area contributed by atoms with Crippen LogP contribution in [0.1, 0.15) is 25.3 Å². The predicted octanol–water partition coefficient (Wildman–Crippen LogP) is 1.52. The average molecular weight is 220 g/mol. The number of pyridine rings is 1. The smallest absolute Gasteiger partial charge is 0.323 e. The molecule has 0 amide bonds. The Morgan fingerprint density at radius 2 is 2.50 bits per heavy atom. The molecule has 1 aliphatic heterocycles. The number of carboxylic acid groups (broad SMARTS) is 1. The summed E-state index contributed by atoms with van der Waals surface area (Å²) in [4.78, 5) is 17.3. The highest BCUT2D eigenvalue weighted by Gasteiger charge is 2.42. The molecule has 0 aliphatic carbocycles. The largest absolute Gasteiger partial charge is 0.480 e. The van der Waals surface area contributed by atoms with Crippen LogP contribution in [0.5, 0.6) is 0 Å². The van der Waals surface area contributed by atoms with E-state index in [0.717, 1.165) is 24.9 Å². The minimum Gasteiger partial charge on any atom is -0.480 e. The third kappa shape index (κ3) is 1.93. The van der Waals surface area contributed by atoms with Crippen LogP contribution in [0.3, 0.4) is 0 Å². The molecule has 4 heteroatoms. The standard InChI is InChI=1S/C12H16N2O2/c1-12(11(15)16)5-3-7-14(12)9-10-4-2-6-13-8-10/h2,4,6,8H,3,5,7,9H2,1H3,(H,15,16). The van der Waals surface area contributed by atoms with E-state index in [1.54, 1.807) is 19.3 Å². The predicted molar refractivity (Wildman–Crippen MR) is 59.9 cm³/mol. The van der Waals surface area contributed by atoms with Gasteiger partial charge in [0, 0.05) is 18.9 Å². The van der Waals surface area contributed by atoms with Gasteiger partial charge in [0.15, 0.2) is 0 Å². The second-order valence-electron chi connectivity index (χ2n) is 4.47. The van der Waals surface area contributed by atoms with E-state index in [4.69, 9.17) is 0 Å². The number of likely N-dealkylation sites (tertiary alicyclic amines) is 1. The Bertz CT molecular complexity index is 380. The van der Waals surface area contributed by atoms with Gasteiger partial charge in [-0.05, 0) is 37.9 Å². The van der Waals surface area contributed by atoms with Crippen molar-refractivity contribution in [2.45, 2.75) is 31.8 Å². The normalized spacial score (nSPS) is 25.8. The van der Waals surface area contributed by atoms with Gasteiger partial charge in [0.1, 0.15) is 5.54 Å². The maximum atomic E-state index is 11.3. The Morgan fingerprint density at radius 3 is 3.12 bits per heavy atom. The second kappa shape index (κ2) is 4.22. The third-order valence-electron chi connectivity index (χ3n) is 3.35. The van der Waals surface area contributed by atoms with Gasteiger partial charge in [-0.1, -0.05) is 6.07 Å². The molecule has 0 saturated carbocycles. The van der Waals surface area contributed by atoms with Gasteiger partial charge < -0.3 is 5.11 Å². The molecule has 1 unspecified atom stereocenters. The molecule has 0 bridgehead atoms. The molecular formula is C12H16N2O2. The van der Waals surface area contributed by atoms with Gasteiger partial charge in [-0.2, -0.15) is 0 Å². The van der Waals surface area contributed by atoms with Crippen LogP contribution in [0, 0.1) is 0 Å². The summed E-state index contributed by atoms with van der Waals surface area (Å²) in [6.07, 6.45) is 5.19. The SMILES string of the molecule is CC1(C(=O)O)CCCN1Cc1cccnc1. The number of hydrogen-bond donors (Lipinski definition) is 1. The van der Waals surface area contributed by atoms with Gasteiger partial charge in [0.05, 0.1) is 0 Å². The van der Waals surface area contributed by atoms with Crippen LogP contribution in [0.15, 0.2) is 24.5 Å². The maximum absolute atomic E-state index is 11.3. The van der Waals surface area contributed by atoms with E-state index in [9.17, 15) is 9.90 Å². The Labute approximate surface area is 94.9 Å². The Balaban J connectivity index is 2.13. The Morgan fingerprint density at radius 1 is 1.69 bits per heavy atom. The summed E-state index contributed by atoms with van der Waals surface area (Å²) in [5, 5.41) is 9.26. The molecular weight excluding hydrogens is 204 g/mol. The number of carbonyl (C=O) groups is 1. The lowest BCUT2D eigenvalue weighted by molar-refractivity contribution is -0.148. The van der Waals surface area contributed by atoms with Gasteiger partial charge in [-0.15, -0.1) is 0 Å². The van der Waals surface area contributed by atoms with Crippen LogP contribution in [0.25, 0.3) is 0 Å². The zero-order chi connectivity index (χ0) is 11.6. The van der Waals surface area contributed by atoms with Crippen molar-refractivity contribution in [1.29, 1.82) is 0 Å². The van der Waals surface area contributed by atoms with Gasteiger partial charge in [0.2, 0.25) is 0 Å². The molecule has 1 N–H and O–H groups in total.